The van der Waals surface area contributed by atoms with Crippen molar-refractivity contribution < 1.29 is 4.79 Å². The molecule has 0 N–H and O–H groups in total. The molecular weight excluding hydrogens is 120 g/mol. The van der Waals surface area contributed by atoms with Crippen LogP contribution in [0.1, 0.15) is 13.3 Å². The van der Waals surface area contributed by atoms with Gasteiger partial charge in [-0.2, -0.15) is 0 Å². The fraction of sp³-hybridized carbons (Fsp3) is 0.500. The second-order valence-electron chi connectivity index (χ2n) is 1.45. The highest BCUT2D eigenvalue weighted by molar-refractivity contribution is 7.96. The minimum atomic E-state index is -0.343. The summed E-state index contributed by atoms with van der Waals surface area (Å²) in [5.74, 6) is 1.95. The molecule has 0 fully saturated rings. The molecule has 0 bridgehead atoms. The quantitative estimate of drug-likeness (QED) is 0.512. The van der Waals surface area contributed by atoms with E-state index in [1.165, 1.54) is 0 Å². The molecule has 1 radical (unpaired) electrons. The van der Waals surface area contributed by atoms with E-state index in [0.29, 0.717) is 6.42 Å². The van der Waals surface area contributed by atoms with Gasteiger partial charge in [0.1, 0.15) is 0 Å². The number of rotatable bonds is 2. The van der Waals surface area contributed by atoms with Crippen molar-refractivity contribution >= 4 is 17.7 Å². The predicted molar refractivity (Wildman–Crippen MR) is 35.2 cm³/mol. The first-order valence-corrected chi connectivity index (χ1v) is 2.80. The van der Waals surface area contributed by atoms with Crippen molar-refractivity contribution in [1.82, 2.24) is 0 Å². The average molecular weight is 127 g/mol. The zero-order chi connectivity index (χ0) is 6.57. The van der Waals surface area contributed by atoms with Crippen molar-refractivity contribution in [2.45, 2.75) is 13.3 Å². The maximum Gasteiger partial charge on any atom is 0.233 e. The summed E-state index contributed by atoms with van der Waals surface area (Å²) >= 11 is 4.32. The predicted octanol–water partition coefficient (Wildman–Crippen LogP) is 1.37. The van der Waals surface area contributed by atoms with Gasteiger partial charge in [-0.3, -0.25) is 4.79 Å². The van der Waals surface area contributed by atoms with Crippen molar-refractivity contribution in [3.8, 4) is 12.3 Å². The lowest BCUT2D eigenvalue weighted by atomic mass is 10.1. The van der Waals surface area contributed by atoms with Gasteiger partial charge in [0.25, 0.3) is 0 Å². The number of hydrogen-bond donors (Lipinski definition) is 0. The number of carbonyl (C=O) groups excluding carboxylic acids is 1. The van der Waals surface area contributed by atoms with Crippen LogP contribution < -0.4 is 0 Å². The van der Waals surface area contributed by atoms with E-state index in [4.69, 9.17) is 6.42 Å². The summed E-state index contributed by atoms with van der Waals surface area (Å²) in [6, 6.07) is 0. The lowest BCUT2D eigenvalue weighted by Crippen LogP contribution is -2.02. The van der Waals surface area contributed by atoms with Gasteiger partial charge < -0.3 is 0 Å². The largest absolute Gasteiger partial charge is 0.281 e. The summed E-state index contributed by atoms with van der Waals surface area (Å²) < 4.78 is 0. The molecule has 0 heterocycles. The third kappa shape index (κ3) is 1.94. The molecule has 0 aliphatic heterocycles. The van der Waals surface area contributed by atoms with Crippen LogP contribution in [0.5, 0.6) is 0 Å². The fourth-order valence-corrected chi connectivity index (χ4v) is 0.587. The van der Waals surface area contributed by atoms with Gasteiger partial charge in [-0.1, -0.05) is 12.8 Å². The van der Waals surface area contributed by atoms with Crippen molar-refractivity contribution in [2.75, 3.05) is 0 Å². The normalized spacial score (nSPS) is 12.0. The molecule has 0 saturated heterocycles. The molecule has 0 aliphatic carbocycles. The number of carbonyl (C=O) groups is 1. The average Bonchev–Trinajstić information content (AvgIpc) is 1.69. The fourth-order valence-electron chi connectivity index (χ4n) is 0.353. The smallest absolute Gasteiger partial charge is 0.233 e. The third-order valence-corrected chi connectivity index (χ3v) is 1.18. The van der Waals surface area contributed by atoms with Crippen molar-refractivity contribution in [2.24, 2.45) is 5.92 Å². The summed E-state index contributed by atoms with van der Waals surface area (Å²) in [4.78, 5) is 10.3. The first-order chi connectivity index (χ1) is 3.72. The highest BCUT2D eigenvalue weighted by atomic mass is 32.1. The van der Waals surface area contributed by atoms with Crippen LogP contribution in [-0.2, 0) is 4.79 Å². The molecule has 0 amide bonds. The van der Waals surface area contributed by atoms with Crippen LogP contribution in [-0.4, -0.2) is 5.12 Å². The van der Waals surface area contributed by atoms with Crippen molar-refractivity contribution in [3.05, 3.63) is 0 Å². The molecule has 0 saturated carbocycles. The van der Waals surface area contributed by atoms with Gasteiger partial charge in [-0.05, 0) is 19.0 Å². The molecule has 0 aliphatic rings. The Balaban J connectivity index is 3.76. The Morgan fingerprint density at radius 3 is 2.50 bits per heavy atom. The molecule has 0 aromatic heterocycles. The summed E-state index contributed by atoms with van der Waals surface area (Å²) in [5.41, 5.74) is 0. The van der Waals surface area contributed by atoms with E-state index in [1.54, 1.807) is 0 Å². The second kappa shape index (κ2) is 3.45. The Hall–Kier alpha value is -0.550. The minimum absolute atomic E-state index is 0.324. The Morgan fingerprint density at radius 1 is 2.00 bits per heavy atom. The second-order valence-corrected chi connectivity index (χ2v) is 1.85. The lowest BCUT2D eigenvalue weighted by Gasteiger charge is -1.95. The van der Waals surface area contributed by atoms with Gasteiger partial charge in [0, 0.05) is 0 Å². The summed E-state index contributed by atoms with van der Waals surface area (Å²) in [6.45, 7) is 1.84. The Morgan fingerprint density at radius 2 is 2.50 bits per heavy atom. The highest BCUT2D eigenvalue weighted by Crippen LogP contribution is 2.03. The molecule has 1 atom stereocenters. The summed E-state index contributed by atoms with van der Waals surface area (Å²) in [5, 5.41) is -0.324. The molecule has 1 nitrogen and oxygen atoms in total. The van der Waals surface area contributed by atoms with E-state index in [9.17, 15) is 4.79 Å². The zero-order valence-electron chi connectivity index (χ0n) is 4.68. The molecule has 8 heavy (non-hydrogen) atoms. The summed E-state index contributed by atoms with van der Waals surface area (Å²) in [7, 11) is 0. The highest BCUT2D eigenvalue weighted by Gasteiger charge is 2.07. The van der Waals surface area contributed by atoms with Crippen LogP contribution in [0.15, 0.2) is 0 Å². The Labute approximate surface area is 54.9 Å². The zero-order valence-corrected chi connectivity index (χ0v) is 5.49. The number of hydrogen-bond acceptors (Lipinski definition) is 1. The summed E-state index contributed by atoms with van der Waals surface area (Å²) in [6.07, 6.45) is 5.60. The topological polar surface area (TPSA) is 17.1 Å². The van der Waals surface area contributed by atoms with Gasteiger partial charge in [-0.25, -0.2) is 0 Å². The van der Waals surface area contributed by atoms with Crippen LogP contribution in [0, 0.1) is 18.3 Å². The van der Waals surface area contributed by atoms with Gasteiger partial charge in [-0.15, -0.1) is 6.42 Å². The molecule has 0 spiro atoms. The first-order valence-electron chi connectivity index (χ1n) is 2.39. The van der Waals surface area contributed by atoms with E-state index in [1.807, 2.05) is 6.92 Å². The van der Waals surface area contributed by atoms with Crippen LogP contribution in [0.2, 0.25) is 0 Å². The standard InChI is InChI=1S/C6H7OS/c1-3-5(4-2)6(7)8/h1,5H,4H2,2H3. The maximum absolute atomic E-state index is 10.3. The minimum Gasteiger partial charge on any atom is -0.281 e. The third-order valence-electron chi connectivity index (χ3n) is 0.894. The maximum atomic E-state index is 10.3. The molecule has 0 aromatic carbocycles. The van der Waals surface area contributed by atoms with Crippen LogP contribution in [0.25, 0.3) is 0 Å². The Kier molecular flexibility index (Phi) is 3.21. The van der Waals surface area contributed by atoms with E-state index in [0.717, 1.165) is 0 Å². The molecular formula is C6H7OS. The van der Waals surface area contributed by atoms with E-state index < -0.39 is 0 Å². The number of terminal acetylenes is 1. The molecule has 1 unspecified atom stereocenters. The lowest BCUT2D eigenvalue weighted by molar-refractivity contribution is -0.112. The van der Waals surface area contributed by atoms with Gasteiger partial charge in [0.15, 0.2) is 0 Å². The molecule has 0 rings (SSSR count). The van der Waals surface area contributed by atoms with E-state index >= 15 is 0 Å². The van der Waals surface area contributed by atoms with Crippen LogP contribution >= 0.6 is 12.6 Å². The van der Waals surface area contributed by atoms with Crippen LogP contribution in [0.3, 0.4) is 0 Å². The molecule has 2 heteroatoms. The first kappa shape index (κ1) is 7.45. The molecule has 0 aromatic rings. The van der Waals surface area contributed by atoms with Gasteiger partial charge in [0.05, 0.1) is 5.92 Å². The van der Waals surface area contributed by atoms with E-state index in [2.05, 4.69) is 18.5 Å². The van der Waals surface area contributed by atoms with Gasteiger partial charge in [0.2, 0.25) is 5.12 Å². The van der Waals surface area contributed by atoms with Crippen molar-refractivity contribution in [3.63, 3.8) is 0 Å². The SMILES string of the molecule is C#CC(CC)C(=O)[S]. The van der Waals surface area contributed by atoms with Crippen LogP contribution in [0.4, 0.5) is 0 Å². The molecule has 43 valence electrons. The van der Waals surface area contributed by atoms with E-state index in [-0.39, 0.29) is 11.0 Å². The van der Waals surface area contributed by atoms with Gasteiger partial charge >= 0.3 is 0 Å². The van der Waals surface area contributed by atoms with Crippen molar-refractivity contribution in [1.29, 1.82) is 0 Å². The Bertz CT molecular complexity index is 123. The monoisotopic (exact) mass is 127 g/mol.